The molecule has 0 aliphatic heterocycles. The standard InChI is InChI=1S/C18H31N3O3S/c1-5-11-18(20,25(4,23)24)17(16(19)22,21-13-14(2)3)12-15-9-7-6-8-10-15/h6-10,14,21H,5,11-13,20H2,1-4H3,(H2,19,22)/t17-,18?/m0/s1. The number of sulfone groups is 1. The van der Waals surface area contributed by atoms with Gasteiger partial charge in [0.25, 0.3) is 0 Å². The summed E-state index contributed by atoms with van der Waals surface area (Å²) in [4.78, 5) is 10.8. The Hall–Kier alpha value is -1.44. The molecular formula is C18H31N3O3S. The Balaban J connectivity index is 3.58. The first-order valence-corrected chi connectivity index (χ1v) is 10.5. The van der Waals surface area contributed by atoms with Gasteiger partial charge in [-0.05, 0) is 24.4 Å². The van der Waals surface area contributed by atoms with Crippen LogP contribution >= 0.6 is 0 Å². The van der Waals surface area contributed by atoms with Crippen molar-refractivity contribution < 1.29 is 13.2 Å². The van der Waals surface area contributed by atoms with Gasteiger partial charge in [-0.2, -0.15) is 0 Å². The van der Waals surface area contributed by atoms with Crippen LogP contribution in [0.1, 0.15) is 39.2 Å². The molecule has 1 rings (SSSR count). The second-order valence-electron chi connectivity index (χ2n) is 7.12. The number of hydrogen-bond donors (Lipinski definition) is 3. The first-order chi connectivity index (χ1) is 11.5. The van der Waals surface area contributed by atoms with E-state index >= 15 is 0 Å². The van der Waals surface area contributed by atoms with Crippen molar-refractivity contribution >= 4 is 15.7 Å². The van der Waals surface area contributed by atoms with Gasteiger partial charge in [0.2, 0.25) is 5.91 Å². The molecule has 0 aliphatic carbocycles. The SMILES string of the molecule is CCCC(N)([C@@](Cc1ccccc1)(NCC(C)C)C(N)=O)S(C)(=O)=O. The molecule has 1 amide bonds. The van der Waals surface area contributed by atoms with E-state index in [1.54, 1.807) is 0 Å². The van der Waals surface area contributed by atoms with Crippen molar-refractivity contribution in [1.82, 2.24) is 5.32 Å². The molecule has 1 aromatic carbocycles. The second kappa shape index (κ2) is 8.29. The summed E-state index contributed by atoms with van der Waals surface area (Å²) in [6, 6.07) is 9.20. The molecule has 7 heteroatoms. The third kappa shape index (κ3) is 4.59. The van der Waals surface area contributed by atoms with Crippen LogP contribution in [0.4, 0.5) is 0 Å². The van der Waals surface area contributed by atoms with Gasteiger partial charge in [-0.3, -0.25) is 4.79 Å². The molecule has 6 nitrogen and oxygen atoms in total. The maximum atomic E-state index is 12.7. The first kappa shape index (κ1) is 21.6. The molecule has 0 saturated heterocycles. The molecule has 0 aromatic heterocycles. The minimum Gasteiger partial charge on any atom is -0.368 e. The lowest BCUT2D eigenvalue weighted by molar-refractivity contribution is -0.126. The van der Waals surface area contributed by atoms with Gasteiger partial charge < -0.3 is 16.8 Å². The van der Waals surface area contributed by atoms with Gasteiger partial charge >= 0.3 is 0 Å². The molecule has 1 unspecified atom stereocenters. The normalized spacial score (nSPS) is 17.0. The lowest BCUT2D eigenvalue weighted by Gasteiger charge is -2.46. The van der Waals surface area contributed by atoms with Crippen LogP contribution in [0.2, 0.25) is 0 Å². The van der Waals surface area contributed by atoms with Gasteiger partial charge in [0.1, 0.15) is 10.4 Å². The zero-order valence-corrected chi connectivity index (χ0v) is 16.4. The lowest BCUT2D eigenvalue weighted by Crippen LogP contribution is -2.77. The molecule has 0 saturated carbocycles. The minimum atomic E-state index is -3.78. The molecule has 1 aromatic rings. The van der Waals surface area contributed by atoms with Crippen LogP contribution in [-0.2, 0) is 21.1 Å². The Morgan fingerprint density at radius 2 is 1.80 bits per heavy atom. The zero-order valence-electron chi connectivity index (χ0n) is 15.6. The highest BCUT2D eigenvalue weighted by atomic mass is 32.2. The van der Waals surface area contributed by atoms with Crippen LogP contribution in [0, 0.1) is 5.92 Å². The number of carbonyl (C=O) groups is 1. The monoisotopic (exact) mass is 369 g/mol. The molecular weight excluding hydrogens is 338 g/mol. The molecule has 2 atom stereocenters. The Bertz CT molecular complexity index is 676. The van der Waals surface area contributed by atoms with E-state index in [2.05, 4.69) is 5.32 Å². The summed E-state index contributed by atoms with van der Waals surface area (Å²) in [5, 5.41) is 3.13. The largest absolute Gasteiger partial charge is 0.368 e. The van der Waals surface area contributed by atoms with E-state index in [0.29, 0.717) is 13.0 Å². The number of primary amides is 1. The van der Waals surface area contributed by atoms with Crippen LogP contribution in [0.15, 0.2) is 30.3 Å². The molecule has 0 radical (unpaired) electrons. The van der Waals surface area contributed by atoms with Gasteiger partial charge in [0.15, 0.2) is 9.84 Å². The van der Waals surface area contributed by atoms with Gasteiger partial charge in [-0.15, -0.1) is 0 Å². The molecule has 5 N–H and O–H groups in total. The summed E-state index contributed by atoms with van der Waals surface area (Å²) in [5.74, 6) is -0.557. The van der Waals surface area contributed by atoms with Crippen molar-refractivity contribution in [3.63, 3.8) is 0 Å². The lowest BCUT2D eigenvalue weighted by atomic mass is 9.80. The minimum absolute atomic E-state index is 0.111. The van der Waals surface area contributed by atoms with Gasteiger partial charge in [0, 0.05) is 12.7 Å². The number of rotatable bonds is 10. The third-order valence-corrected chi connectivity index (χ3v) is 6.43. The smallest absolute Gasteiger partial charge is 0.241 e. The molecule has 142 valence electrons. The number of hydrogen-bond acceptors (Lipinski definition) is 5. The summed E-state index contributed by atoms with van der Waals surface area (Å²) in [7, 11) is -3.78. The van der Waals surface area contributed by atoms with Crippen LogP contribution in [-0.4, -0.2) is 37.5 Å². The molecule has 0 heterocycles. The van der Waals surface area contributed by atoms with Gasteiger partial charge in [-0.25, -0.2) is 8.42 Å². The van der Waals surface area contributed by atoms with Crippen LogP contribution < -0.4 is 16.8 Å². The number of amides is 1. The fraction of sp³-hybridized carbons (Fsp3) is 0.611. The summed E-state index contributed by atoms with van der Waals surface area (Å²) < 4.78 is 25.3. The summed E-state index contributed by atoms with van der Waals surface area (Å²) >= 11 is 0. The number of benzene rings is 1. The van der Waals surface area contributed by atoms with E-state index in [0.717, 1.165) is 11.8 Å². The van der Waals surface area contributed by atoms with E-state index in [4.69, 9.17) is 11.5 Å². The average Bonchev–Trinajstić information content (AvgIpc) is 2.51. The van der Waals surface area contributed by atoms with E-state index in [9.17, 15) is 13.2 Å². The predicted octanol–water partition coefficient (Wildman–Crippen LogP) is 1.20. The Morgan fingerprint density at radius 1 is 1.24 bits per heavy atom. The summed E-state index contributed by atoms with van der Waals surface area (Å²) in [6.45, 7) is 6.21. The van der Waals surface area contributed by atoms with E-state index in [1.807, 2.05) is 51.1 Å². The Labute approximate surface area is 151 Å². The number of nitrogens with two attached hydrogens (primary N) is 2. The van der Waals surface area contributed by atoms with E-state index in [1.165, 1.54) is 0 Å². The summed E-state index contributed by atoms with van der Waals surface area (Å²) in [5.41, 5.74) is 11.4. The second-order valence-corrected chi connectivity index (χ2v) is 9.39. The fourth-order valence-electron chi connectivity index (χ4n) is 3.11. The maximum absolute atomic E-state index is 12.7. The molecule has 0 spiro atoms. The number of carbonyl (C=O) groups excluding carboxylic acids is 1. The van der Waals surface area contributed by atoms with Crippen LogP contribution in [0.25, 0.3) is 0 Å². The molecule has 0 fully saturated rings. The van der Waals surface area contributed by atoms with Crippen molar-refractivity contribution in [1.29, 1.82) is 0 Å². The Morgan fingerprint density at radius 3 is 2.20 bits per heavy atom. The topological polar surface area (TPSA) is 115 Å². The Kier molecular flexibility index (Phi) is 7.17. The highest BCUT2D eigenvalue weighted by Crippen LogP contribution is 2.33. The predicted molar refractivity (Wildman–Crippen MR) is 102 cm³/mol. The van der Waals surface area contributed by atoms with Crippen LogP contribution in [0.3, 0.4) is 0 Å². The zero-order chi connectivity index (χ0) is 19.3. The third-order valence-electron chi connectivity index (χ3n) is 4.55. The molecule has 25 heavy (non-hydrogen) atoms. The molecule has 0 bridgehead atoms. The van der Waals surface area contributed by atoms with Crippen molar-refractivity contribution in [2.45, 2.75) is 50.4 Å². The van der Waals surface area contributed by atoms with Crippen molar-refractivity contribution in [2.75, 3.05) is 12.8 Å². The quantitative estimate of drug-likeness (QED) is 0.573. The van der Waals surface area contributed by atoms with Crippen molar-refractivity contribution in [3.8, 4) is 0 Å². The highest BCUT2D eigenvalue weighted by Gasteiger charge is 2.58. The van der Waals surface area contributed by atoms with Crippen molar-refractivity contribution in [2.24, 2.45) is 17.4 Å². The highest BCUT2D eigenvalue weighted by molar-refractivity contribution is 7.92. The first-order valence-electron chi connectivity index (χ1n) is 8.57. The maximum Gasteiger partial charge on any atom is 0.241 e. The van der Waals surface area contributed by atoms with Crippen LogP contribution in [0.5, 0.6) is 0 Å². The van der Waals surface area contributed by atoms with Gasteiger partial charge in [0.05, 0.1) is 0 Å². The van der Waals surface area contributed by atoms with E-state index < -0.39 is 26.2 Å². The fourth-order valence-corrected chi connectivity index (χ4v) is 4.56. The number of nitrogens with one attached hydrogen (secondary N) is 1. The average molecular weight is 370 g/mol. The summed E-state index contributed by atoms with van der Waals surface area (Å²) in [6.07, 6.45) is 1.82. The van der Waals surface area contributed by atoms with E-state index in [-0.39, 0.29) is 18.8 Å². The van der Waals surface area contributed by atoms with Crippen molar-refractivity contribution in [3.05, 3.63) is 35.9 Å². The van der Waals surface area contributed by atoms with Gasteiger partial charge in [-0.1, -0.05) is 57.5 Å². The molecule has 0 aliphatic rings.